The van der Waals surface area contributed by atoms with Gasteiger partial charge in [0.2, 0.25) is 0 Å². The van der Waals surface area contributed by atoms with Crippen molar-refractivity contribution in [3.63, 3.8) is 0 Å². The Morgan fingerprint density at radius 3 is 2.79 bits per heavy atom. The van der Waals surface area contributed by atoms with E-state index in [0.29, 0.717) is 29.1 Å². The summed E-state index contributed by atoms with van der Waals surface area (Å²) in [6.45, 7) is 7.63. The second-order valence-corrected chi connectivity index (χ2v) is 9.82. The highest BCUT2D eigenvalue weighted by atomic mass is 19.1. The van der Waals surface area contributed by atoms with E-state index in [1.165, 1.54) is 36.1 Å². The summed E-state index contributed by atoms with van der Waals surface area (Å²) in [5, 5.41) is 0. The molecule has 2 fully saturated rings. The van der Waals surface area contributed by atoms with E-state index in [9.17, 15) is 9.18 Å². The number of fused-ring (bicyclic) bond motifs is 2. The fraction of sp³-hybridized carbons (Fsp3) is 0.462. The number of hydrogen-bond donors (Lipinski definition) is 0. The van der Waals surface area contributed by atoms with Crippen LogP contribution in [0.1, 0.15) is 46.3 Å². The molecule has 0 saturated carbocycles. The number of esters is 1. The summed E-state index contributed by atoms with van der Waals surface area (Å²) in [5.41, 5.74) is 5.83. The lowest BCUT2D eigenvalue weighted by atomic mass is 9.77. The van der Waals surface area contributed by atoms with Crippen LogP contribution in [0.2, 0.25) is 0 Å². The smallest absolute Gasteiger partial charge is 0.338 e. The van der Waals surface area contributed by atoms with Gasteiger partial charge in [-0.05, 0) is 80.4 Å². The van der Waals surface area contributed by atoms with Crippen molar-refractivity contribution in [2.45, 2.75) is 39.2 Å². The van der Waals surface area contributed by atoms with Crippen molar-refractivity contribution in [3.8, 4) is 0 Å². The number of ether oxygens (including phenoxy) is 1. The highest BCUT2D eigenvalue weighted by Crippen LogP contribution is 2.42. The number of halogens is 1. The van der Waals surface area contributed by atoms with Crippen LogP contribution in [0.25, 0.3) is 11.1 Å². The number of aromatic nitrogens is 1. The predicted octanol–water partition coefficient (Wildman–Crippen LogP) is 4.48. The molecule has 6 nitrogen and oxygen atoms in total. The van der Waals surface area contributed by atoms with Crippen molar-refractivity contribution in [1.82, 2.24) is 9.88 Å². The summed E-state index contributed by atoms with van der Waals surface area (Å²) in [5.74, 6) is -0.485. The number of rotatable bonds is 4. The van der Waals surface area contributed by atoms with Gasteiger partial charge in [0.25, 0.3) is 6.01 Å². The molecule has 0 radical (unpaired) electrons. The first kappa shape index (κ1) is 20.7. The zero-order valence-electron chi connectivity index (χ0n) is 18.9. The average molecular weight is 450 g/mol. The van der Waals surface area contributed by atoms with E-state index in [1.54, 1.807) is 6.07 Å². The topological polar surface area (TPSA) is 58.8 Å². The highest BCUT2D eigenvalue weighted by Gasteiger charge is 2.41. The quantitative estimate of drug-likeness (QED) is 0.548. The number of hydrogen-bond acceptors (Lipinski definition) is 6. The summed E-state index contributed by atoms with van der Waals surface area (Å²) < 4.78 is 24.6. The van der Waals surface area contributed by atoms with Gasteiger partial charge < -0.3 is 19.0 Å². The van der Waals surface area contributed by atoms with Crippen molar-refractivity contribution < 1.29 is 18.3 Å². The second kappa shape index (κ2) is 7.83. The van der Waals surface area contributed by atoms with E-state index in [-0.39, 0.29) is 11.8 Å². The fourth-order valence-electron chi connectivity index (χ4n) is 5.73. The third-order valence-corrected chi connectivity index (χ3v) is 7.94. The van der Waals surface area contributed by atoms with Gasteiger partial charge in [0.05, 0.1) is 5.56 Å². The van der Waals surface area contributed by atoms with E-state index in [1.807, 2.05) is 6.07 Å². The number of likely N-dealkylation sites (tertiary alicyclic amines) is 1. The summed E-state index contributed by atoms with van der Waals surface area (Å²) >= 11 is 0. The molecule has 0 aliphatic carbocycles. The molecule has 172 valence electrons. The number of piperidine rings is 1. The molecule has 7 heteroatoms. The standard InChI is InChI=1S/C26H28FN3O3/c1-17-18(2-4-20-21(17)15-32-24(20)31)6-10-29-11-7-26(8-12-29)9-13-30(16-26)25-28-22-14-19(27)3-5-23(22)33-25/h2-5,14H,6-13,15-16H2,1H3. The monoisotopic (exact) mass is 449 g/mol. The third kappa shape index (κ3) is 3.68. The molecular weight excluding hydrogens is 421 g/mol. The van der Waals surface area contributed by atoms with Crippen LogP contribution in [0, 0.1) is 18.2 Å². The largest absolute Gasteiger partial charge is 0.457 e. The Labute approximate surface area is 192 Å². The van der Waals surface area contributed by atoms with Crippen LogP contribution in [0.3, 0.4) is 0 Å². The number of nitrogens with zero attached hydrogens (tertiary/aromatic N) is 3. The van der Waals surface area contributed by atoms with Gasteiger partial charge in [0, 0.05) is 31.3 Å². The molecule has 0 amide bonds. The fourth-order valence-corrected chi connectivity index (χ4v) is 5.73. The van der Waals surface area contributed by atoms with Crippen LogP contribution in [0.15, 0.2) is 34.7 Å². The Bertz CT molecular complexity index is 1230. The zero-order chi connectivity index (χ0) is 22.6. The number of carbonyl (C=O) groups is 1. The van der Waals surface area contributed by atoms with E-state index in [0.717, 1.165) is 56.7 Å². The number of benzene rings is 2. The van der Waals surface area contributed by atoms with Crippen LogP contribution in [0.4, 0.5) is 10.4 Å². The zero-order valence-corrected chi connectivity index (χ0v) is 18.9. The Kier molecular flexibility index (Phi) is 4.91. The van der Waals surface area contributed by atoms with Gasteiger partial charge in [-0.15, -0.1) is 0 Å². The van der Waals surface area contributed by atoms with Gasteiger partial charge in [-0.2, -0.15) is 4.98 Å². The minimum absolute atomic E-state index is 0.198. The Morgan fingerprint density at radius 1 is 1.12 bits per heavy atom. The van der Waals surface area contributed by atoms with Crippen LogP contribution < -0.4 is 4.90 Å². The van der Waals surface area contributed by atoms with Crippen LogP contribution >= 0.6 is 0 Å². The summed E-state index contributed by atoms with van der Waals surface area (Å²) in [6, 6.07) is 9.12. The first-order valence-electron chi connectivity index (χ1n) is 11.8. The molecule has 1 aromatic heterocycles. The molecular formula is C26H28FN3O3. The van der Waals surface area contributed by atoms with E-state index >= 15 is 0 Å². The normalized spacial score (nSPS) is 20.1. The average Bonchev–Trinajstić information content (AvgIpc) is 3.52. The molecule has 3 aliphatic heterocycles. The van der Waals surface area contributed by atoms with Crippen LogP contribution in [0.5, 0.6) is 0 Å². The molecule has 0 unspecified atom stereocenters. The van der Waals surface area contributed by atoms with Crippen LogP contribution in [-0.4, -0.2) is 48.6 Å². The Morgan fingerprint density at radius 2 is 1.94 bits per heavy atom. The first-order valence-corrected chi connectivity index (χ1v) is 11.8. The molecule has 0 N–H and O–H groups in total. The number of oxazole rings is 1. The number of anilines is 1. The summed E-state index contributed by atoms with van der Waals surface area (Å²) in [4.78, 5) is 21.1. The maximum Gasteiger partial charge on any atom is 0.338 e. The molecule has 3 aromatic rings. The second-order valence-electron chi connectivity index (χ2n) is 9.82. The number of carbonyl (C=O) groups excluding carboxylic acids is 1. The minimum atomic E-state index is -0.287. The molecule has 1 spiro atoms. The minimum Gasteiger partial charge on any atom is -0.457 e. The van der Waals surface area contributed by atoms with Gasteiger partial charge in [-0.1, -0.05) is 6.07 Å². The summed E-state index contributed by atoms with van der Waals surface area (Å²) in [7, 11) is 0. The molecule has 2 aromatic carbocycles. The SMILES string of the molecule is Cc1c(CCN2CCC3(CC2)CCN(c2nc4cc(F)ccc4o2)C3)ccc2c1COC2=O. The molecule has 4 heterocycles. The van der Waals surface area contributed by atoms with Gasteiger partial charge >= 0.3 is 5.97 Å². The van der Waals surface area contributed by atoms with Crippen molar-refractivity contribution in [3.05, 3.63) is 58.4 Å². The molecule has 6 rings (SSSR count). The molecule has 0 bridgehead atoms. The molecule has 2 saturated heterocycles. The molecule has 0 atom stereocenters. The van der Waals surface area contributed by atoms with Crippen molar-refractivity contribution in [1.29, 1.82) is 0 Å². The van der Waals surface area contributed by atoms with Gasteiger partial charge in [-0.25, -0.2) is 9.18 Å². The van der Waals surface area contributed by atoms with Gasteiger partial charge in [0.1, 0.15) is 17.9 Å². The summed E-state index contributed by atoms with van der Waals surface area (Å²) in [6.07, 6.45) is 4.48. The van der Waals surface area contributed by atoms with E-state index < -0.39 is 0 Å². The number of cyclic esters (lactones) is 1. The van der Waals surface area contributed by atoms with E-state index in [4.69, 9.17) is 9.15 Å². The van der Waals surface area contributed by atoms with Gasteiger partial charge in [0.15, 0.2) is 5.58 Å². The maximum atomic E-state index is 13.5. The molecule has 33 heavy (non-hydrogen) atoms. The first-order chi connectivity index (χ1) is 16.0. The van der Waals surface area contributed by atoms with E-state index in [2.05, 4.69) is 27.8 Å². The Hall–Kier alpha value is -2.93. The van der Waals surface area contributed by atoms with Crippen LogP contribution in [-0.2, 0) is 17.8 Å². The third-order valence-electron chi connectivity index (χ3n) is 7.94. The maximum absolute atomic E-state index is 13.5. The lowest BCUT2D eigenvalue weighted by Crippen LogP contribution is -2.42. The van der Waals surface area contributed by atoms with Crippen molar-refractivity contribution >= 4 is 23.1 Å². The Balaban J connectivity index is 1.06. The predicted molar refractivity (Wildman–Crippen MR) is 123 cm³/mol. The highest BCUT2D eigenvalue weighted by molar-refractivity contribution is 5.93. The van der Waals surface area contributed by atoms with Gasteiger partial charge in [-0.3, -0.25) is 0 Å². The molecule has 3 aliphatic rings. The lowest BCUT2D eigenvalue weighted by Gasteiger charge is -2.39. The lowest BCUT2D eigenvalue weighted by molar-refractivity contribution is 0.0535. The van der Waals surface area contributed by atoms with Crippen molar-refractivity contribution in [2.75, 3.05) is 37.6 Å². The van der Waals surface area contributed by atoms with Crippen molar-refractivity contribution in [2.24, 2.45) is 5.41 Å².